The van der Waals surface area contributed by atoms with Gasteiger partial charge in [0.25, 0.3) is 0 Å². The Hall–Kier alpha value is -1.61. The molecule has 1 fully saturated rings. The Bertz CT molecular complexity index is 551. The van der Waals surface area contributed by atoms with Crippen molar-refractivity contribution in [1.29, 1.82) is 0 Å². The number of carbonyl (C=O) groups excluding carboxylic acids is 1. The van der Waals surface area contributed by atoms with Crippen molar-refractivity contribution in [2.45, 2.75) is 59.0 Å². The first kappa shape index (κ1) is 18.7. The molecule has 24 heavy (non-hydrogen) atoms. The van der Waals surface area contributed by atoms with Crippen molar-refractivity contribution in [3.63, 3.8) is 0 Å². The first-order valence-electron chi connectivity index (χ1n) is 9.26. The normalized spacial score (nSPS) is 20.8. The predicted molar refractivity (Wildman–Crippen MR) is 100 cm³/mol. The maximum absolute atomic E-state index is 12.1. The smallest absolute Gasteiger partial charge is 0.248 e. The van der Waals surface area contributed by atoms with E-state index in [9.17, 15) is 4.79 Å². The minimum atomic E-state index is -0.0858. The Morgan fingerprint density at radius 3 is 3.00 bits per heavy atom. The van der Waals surface area contributed by atoms with Crippen LogP contribution in [0.2, 0.25) is 0 Å². The molecule has 132 valence electrons. The topological polar surface area (TPSA) is 38.3 Å². The quantitative estimate of drug-likeness (QED) is 0.683. The second kappa shape index (κ2) is 9.63. The largest absolute Gasteiger partial charge is 0.374 e. The number of nitrogens with one attached hydrogen (secondary N) is 1. The average molecular weight is 329 g/mol. The van der Waals surface area contributed by atoms with Crippen LogP contribution in [-0.4, -0.2) is 18.6 Å². The zero-order chi connectivity index (χ0) is 17.4. The third-order valence-electron chi connectivity index (χ3n) is 4.38. The Morgan fingerprint density at radius 2 is 2.25 bits per heavy atom. The molecule has 0 radical (unpaired) electrons. The standard InChI is InChI=1S/C21H31NO2/c1-4-5-7-18-14-20(24-15-18)10-11-21(23)22-19-9-6-8-17(13-19)12-16(2)3/h6,8-11,13,16,18,20H,4-5,7,12,14-15H2,1-3H3,(H,22,23). The lowest BCUT2D eigenvalue weighted by Gasteiger charge is -2.08. The molecule has 2 rings (SSSR count). The van der Waals surface area contributed by atoms with Gasteiger partial charge in [0.05, 0.1) is 12.7 Å². The maximum atomic E-state index is 12.1. The molecule has 0 aliphatic carbocycles. The van der Waals surface area contributed by atoms with Crippen LogP contribution in [-0.2, 0) is 16.0 Å². The number of amides is 1. The van der Waals surface area contributed by atoms with Crippen LogP contribution in [0.15, 0.2) is 36.4 Å². The van der Waals surface area contributed by atoms with E-state index in [1.165, 1.54) is 24.8 Å². The lowest BCUT2D eigenvalue weighted by Crippen LogP contribution is -2.10. The molecule has 0 bridgehead atoms. The molecule has 1 aromatic carbocycles. The molecule has 1 saturated heterocycles. The van der Waals surface area contributed by atoms with Crippen LogP contribution in [0, 0.1) is 11.8 Å². The van der Waals surface area contributed by atoms with Crippen LogP contribution in [0.4, 0.5) is 5.69 Å². The van der Waals surface area contributed by atoms with E-state index in [2.05, 4.69) is 38.2 Å². The zero-order valence-electron chi connectivity index (χ0n) is 15.3. The van der Waals surface area contributed by atoms with E-state index in [0.717, 1.165) is 25.1 Å². The Balaban J connectivity index is 1.81. The van der Waals surface area contributed by atoms with Crippen molar-refractivity contribution >= 4 is 11.6 Å². The highest BCUT2D eigenvalue weighted by molar-refractivity contribution is 5.99. The van der Waals surface area contributed by atoms with Gasteiger partial charge in [-0.25, -0.2) is 0 Å². The number of hydrogen-bond donors (Lipinski definition) is 1. The van der Waals surface area contributed by atoms with E-state index in [4.69, 9.17) is 4.74 Å². The van der Waals surface area contributed by atoms with Gasteiger partial charge in [0.15, 0.2) is 0 Å². The van der Waals surface area contributed by atoms with Crippen molar-refractivity contribution in [2.75, 3.05) is 11.9 Å². The van der Waals surface area contributed by atoms with Gasteiger partial charge in [-0.1, -0.05) is 51.8 Å². The highest BCUT2D eigenvalue weighted by atomic mass is 16.5. The third kappa shape index (κ3) is 6.48. The van der Waals surface area contributed by atoms with Crippen LogP contribution < -0.4 is 5.32 Å². The van der Waals surface area contributed by atoms with Crippen molar-refractivity contribution in [3.8, 4) is 0 Å². The van der Waals surface area contributed by atoms with E-state index in [1.807, 2.05) is 18.2 Å². The highest BCUT2D eigenvalue weighted by Crippen LogP contribution is 2.25. The van der Waals surface area contributed by atoms with Gasteiger partial charge in [0, 0.05) is 11.8 Å². The third-order valence-corrected chi connectivity index (χ3v) is 4.38. The molecular formula is C21H31NO2. The fraction of sp³-hybridized carbons (Fsp3) is 0.571. The summed E-state index contributed by atoms with van der Waals surface area (Å²) in [6.45, 7) is 7.44. The number of benzene rings is 1. The molecular weight excluding hydrogens is 298 g/mol. The average Bonchev–Trinajstić information content (AvgIpc) is 2.98. The summed E-state index contributed by atoms with van der Waals surface area (Å²) in [6, 6.07) is 8.09. The number of rotatable bonds is 8. The molecule has 1 amide bonds. The minimum Gasteiger partial charge on any atom is -0.374 e. The van der Waals surface area contributed by atoms with E-state index >= 15 is 0 Å². The summed E-state index contributed by atoms with van der Waals surface area (Å²) in [5.74, 6) is 1.17. The van der Waals surface area contributed by atoms with Crippen LogP contribution in [0.3, 0.4) is 0 Å². The lowest BCUT2D eigenvalue weighted by atomic mass is 9.99. The summed E-state index contributed by atoms with van der Waals surface area (Å²) < 4.78 is 5.76. The number of ether oxygens (including phenoxy) is 1. The first-order valence-corrected chi connectivity index (χ1v) is 9.26. The van der Waals surface area contributed by atoms with Gasteiger partial charge in [0.2, 0.25) is 5.91 Å². The number of hydrogen-bond acceptors (Lipinski definition) is 2. The van der Waals surface area contributed by atoms with E-state index in [-0.39, 0.29) is 12.0 Å². The van der Waals surface area contributed by atoms with E-state index in [1.54, 1.807) is 6.08 Å². The van der Waals surface area contributed by atoms with Crippen molar-refractivity contribution in [1.82, 2.24) is 0 Å². The Labute approximate surface area is 146 Å². The van der Waals surface area contributed by atoms with Crippen molar-refractivity contribution < 1.29 is 9.53 Å². The molecule has 2 atom stereocenters. The van der Waals surface area contributed by atoms with Gasteiger partial charge in [0.1, 0.15) is 0 Å². The number of carbonyl (C=O) groups is 1. The Morgan fingerprint density at radius 1 is 1.42 bits per heavy atom. The summed E-state index contributed by atoms with van der Waals surface area (Å²) in [7, 11) is 0. The molecule has 1 heterocycles. The SMILES string of the molecule is CCCCC1COC(C=CC(=O)Nc2cccc(CC(C)C)c2)C1. The maximum Gasteiger partial charge on any atom is 0.248 e. The summed E-state index contributed by atoms with van der Waals surface area (Å²) >= 11 is 0. The molecule has 1 aromatic rings. The van der Waals surface area contributed by atoms with Gasteiger partial charge in [-0.2, -0.15) is 0 Å². The fourth-order valence-corrected chi connectivity index (χ4v) is 3.18. The molecule has 3 heteroatoms. The molecule has 0 aromatic heterocycles. The summed E-state index contributed by atoms with van der Waals surface area (Å²) in [6.07, 6.45) is 9.39. The lowest BCUT2D eigenvalue weighted by molar-refractivity contribution is -0.112. The van der Waals surface area contributed by atoms with Crippen LogP contribution in [0.5, 0.6) is 0 Å². The summed E-state index contributed by atoms with van der Waals surface area (Å²) in [4.78, 5) is 12.1. The van der Waals surface area contributed by atoms with Crippen molar-refractivity contribution in [3.05, 3.63) is 42.0 Å². The molecule has 2 unspecified atom stereocenters. The molecule has 0 spiro atoms. The van der Waals surface area contributed by atoms with Gasteiger partial charge in [-0.3, -0.25) is 4.79 Å². The molecule has 3 nitrogen and oxygen atoms in total. The molecule has 1 N–H and O–H groups in total. The second-order valence-electron chi connectivity index (χ2n) is 7.26. The van der Waals surface area contributed by atoms with Gasteiger partial charge >= 0.3 is 0 Å². The summed E-state index contributed by atoms with van der Waals surface area (Å²) in [5, 5.41) is 2.94. The number of unbranched alkanes of at least 4 members (excludes halogenated alkanes) is 1. The van der Waals surface area contributed by atoms with Crippen molar-refractivity contribution in [2.24, 2.45) is 11.8 Å². The minimum absolute atomic E-state index is 0.0858. The van der Waals surface area contributed by atoms with E-state index in [0.29, 0.717) is 11.8 Å². The number of anilines is 1. The zero-order valence-corrected chi connectivity index (χ0v) is 15.3. The van der Waals surface area contributed by atoms with Crippen LogP contribution in [0.1, 0.15) is 52.0 Å². The predicted octanol–water partition coefficient (Wildman–Crippen LogP) is 4.98. The molecule has 1 aliphatic heterocycles. The summed E-state index contributed by atoms with van der Waals surface area (Å²) in [5.41, 5.74) is 2.11. The van der Waals surface area contributed by atoms with E-state index < -0.39 is 0 Å². The monoisotopic (exact) mass is 329 g/mol. The van der Waals surface area contributed by atoms with Crippen LogP contribution in [0.25, 0.3) is 0 Å². The molecule has 0 saturated carbocycles. The fourth-order valence-electron chi connectivity index (χ4n) is 3.18. The first-order chi connectivity index (χ1) is 11.6. The molecule has 1 aliphatic rings. The van der Waals surface area contributed by atoms with Gasteiger partial charge in [-0.05, 0) is 48.8 Å². The Kier molecular flexibility index (Phi) is 7.51. The van der Waals surface area contributed by atoms with Gasteiger partial charge in [-0.15, -0.1) is 0 Å². The second-order valence-corrected chi connectivity index (χ2v) is 7.26. The van der Waals surface area contributed by atoms with Crippen LogP contribution >= 0.6 is 0 Å². The van der Waals surface area contributed by atoms with Gasteiger partial charge < -0.3 is 10.1 Å². The highest BCUT2D eigenvalue weighted by Gasteiger charge is 2.22.